The molecular weight excluding hydrogens is 344 g/mol. The highest BCUT2D eigenvalue weighted by molar-refractivity contribution is 7.21. The number of hydrogen-bond donors (Lipinski definition) is 3. The summed E-state index contributed by atoms with van der Waals surface area (Å²) in [6, 6.07) is 11.1. The number of carbonyl (C=O) groups excluding carboxylic acids is 2. The van der Waals surface area contributed by atoms with Crippen LogP contribution in [0.4, 0.5) is 0 Å². The van der Waals surface area contributed by atoms with Crippen molar-refractivity contribution in [3.63, 3.8) is 0 Å². The number of amides is 2. The Labute approximate surface area is 146 Å². The third-order valence-electron chi connectivity index (χ3n) is 3.78. The summed E-state index contributed by atoms with van der Waals surface area (Å²) >= 11 is 2.71. The largest absolute Gasteiger partial charge is 0.344 e. The first kappa shape index (κ1) is 16.6. The highest BCUT2D eigenvalue weighted by Gasteiger charge is 2.19. The van der Waals surface area contributed by atoms with E-state index in [9.17, 15) is 9.59 Å². The Morgan fingerprint density at radius 3 is 2.54 bits per heavy atom. The van der Waals surface area contributed by atoms with Crippen LogP contribution in [0.3, 0.4) is 0 Å². The lowest BCUT2D eigenvalue weighted by Gasteiger charge is -2.11. The van der Waals surface area contributed by atoms with E-state index >= 15 is 0 Å². The van der Waals surface area contributed by atoms with Crippen LogP contribution in [0.25, 0.3) is 10.1 Å². The number of rotatable bonds is 4. The van der Waals surface area contributed by atoms with Crippen LogP contribution in [-0.4, -0.2) is 17.0 Å². The van der Waals surface area contributed by atoms with Crippen LogP contribution in [0, 0.1) is 6.92 Å². The first-order chi connectivity index (χ1) is 11.5. The lowest BCUT2D eigenvalue weighted by atomic mass is 10.1. The van der Waals surface area contributed by atoms with E-state index in [0.717, 1.165) is 20.5 Å². The Morgan fingerprint density at radius 1 is 1.08 bits per heavy atom. The number of fused-ring (bicyclic) bond motifs is 1. The van der Waals surface area contributed by atoms with E-state index in [0.29, 0.717) is 9.75 Å². The first-order valence-electron chi connectivity index (χ1n) is 7.34. The van der Waals surface area contributed by atoms with Gasteiger partial charge in [-0.2, -0.15) is 0 Å². The normalized spacial score (nSPS) is 12.1. The van der Waals surface area contributed by atoms with E-state index in [1.165, 1.54) is 22.7 Å². The SMILES string of the molecule is Cc1c(C(=O)N[C@H](C)c2ccc(C(=O)NO)s2)sc2ccccc12. The minimum Gasteiger partial charge on any atom is -0.344 e. The number of hydroxylamine groups is 1. The zero-order valence-electron chi connectivity index (χ0n) is 13.1. The second-order valence-electron chi connectivity index (χ2n) is 5.39. The van der Waals surface area contributed by atoms with E-state index in [2.05, 4.69) is 5.32 Å². The molecule has 0 aliphatic rings. The molecule has 1 atom stereocenters. The third-order valence-corrected chi connectivity index (χ3v) is 6.31. The molecule has 2 aromatic heterocycles. The van der Waals surface area contributed by atoms with Crippen molar-refractivity contribution >= 4 is 44.6 Å². The number of thiophene rings is 2. The summed E-state index contributed by atoms with van der Waals surface area (Å²) in [5.41, 5.74) is 2.59. The molecule has 3 aromatic rings. The Hall–Kier alpha value is -2.22. The summed E-state index contributed by atoms with van der Waals surface area (Å²) in [5, 5.41) is 12.7. The molecule has 0 aliphatic heterocycles. The zero-order chi connectivity index (χ0) is 17.3. The average molecular weight is 360 g/mol. The van der Waals surface area contributed by atoms with Crippen molar-refractivity contribution in [3.05, 3.63) is 56.6 Å². The second-order valence-corrected chi connectivity index (χ2v) is 7.56. The van der Waals surface area contributed by atoms with Crippen molar-refractivity contribution < 1.29 is 14.8 Å². The molecule has 0 saturated heterocycles. The molecule has 124 valence electrons. The lowest BCUT2D eigenvalue weighted by molar-refractivity contribution is 0.0711. The minimum absolute atomic E-state index is 0.122. The highest BCUT2D eigenvalue weighted by Crippen LogP contribution is 2.31. The van der Waals surface area contributed by atoms with Gasteiger partial charge in [-0.1, -0.05) is 18.2 Å². The predicted octanol–water partition coefficient (Wildman–Crippen LogP) is 3.88. The van der Waals surface area contributed by atoms with Crippen LogP contribution in [0.15, 0.2) is 36.4 Å². The Bertz CT molecular complexity index is 914. The topological polar surface area (TPSA) is 78.4 Å². The average Bonchev–Trinajstić information content (AvgIpc) is 3.20. The van der Waals surface area contributed by atoms with Crippen LogP contribution in [-0.2, 0) is 0 Å². The quantitative estimate of drug-likeness (QED) is 0.488. The van der Waals surface area contributed by atoms with Gasteiger partial charge in [0, 0.05) is 9.58 Å². The molecule has 0 bridgehead atoms. The van der Waals surface area contributed by atoms with Crippen molar-refractivity contribution in [2.45, 2.75) is 19.9 Å². The van der Waals surface area contributed by atoms with E-state index in [-0.39, 0.29) is 11.9 Å². The van der Waals surface area contributed by atoms with Crippen molar-refractivity contribution in [2.75, 3.05) is 0 Å². The minimum atomic E-state index is -0.551. The van der Waals surface area contributed by atoms with Crippen LogP contribution in [0.5, 0.6) is 0 Å². The van der Waals surface area contributed by atoms with E-state index in [1.807, 2.05) is 38.1 Å². The molecule has 0 radical (unpaired) electrons. The Kier molecular flexibility index (Phi) is 4.66. The lowest BCUT2D eigenvalue weighted by Crippen LogP contribution is -2.25. The number of nitrogens with one attached hydrogen (secondary N) is 2. The molecule has 0 aliphatic carbocycles. The summed E-state index contributed by atoms with van der Waals surface area (Å²) in [5.74, 6) is -0.673. The number of aryl methyl sites for hydroxylation is 1. The van der Waals surface area contributed by atoms with Crippen LogP contribution in [0.2, 0.25) is 0 Å². The fourth-order valence-corrected chi connectivity index (χ4v) is 4.50. The highest BCUT2D eigenvalue weighted by atomic mass is 32.1. The Morgan fingerprint density at radius 2 is 1.83 bits per heavy atom. The molecule has 3 rings (SSSR count). The van der Waals surface area contributed by atoms with Gasteiger partial charge in [0.2, 0.25) is 0 Å². The fourth-order valence-electron chi connectivity index (χ4n) is 2.49. The van der Waals surface area contributed by atoms with Crippen molar-refractivity contribution in [2.24, 2.45) is 0 Å². The summed E-state index contributed by atoms with van der Waals surface area (Å²) in [7, 11) is 0. The summed E-state index contributed by atoms with van der Waals surface area (Å²) in [4.78, 5) is 25.9. The van der Waals surface area contributed by atoms with Gasteiger partial charge >= 0.3 is 0 Å². The number of carbonyl (C=O) groups is 2. The molecule has 0 saturated carbocycles. The van der Waals surface area contributed by atoms with Crippen molar-refractivity contribution in [1.82, 2.24) is 10.8 Å². The number of hydrogen-bond acceptors (Lipinski definition) is 5. The molecule has 5 nitrogen and oxygen atoms in total. The molecule has 2 heterocycles. The van der Waals surface area contributed by atoms with Gasteiger partial charge in [-0.25, -0.2) is 5.48 Å². The summed E-state index contributed by atoms with van der Waals surface area (Å²) in [6.45, 7) is 3.82. The molecule has 0 spiro atoms. The van der Waals surface area contributed by atoms with Crippen LogP contribution in [0.1, 0.15) is 42.7 Å². The van der Waals surface area contributed by atoms with Crippen molar-refractivity contribution in [3.8, 4) is 0 Å². The maximum absolute atomic E-state index is 12.6. The molecule has 1 aromatic carbocycles. The third kappa shape index (κ3) is 3.06. The molecule has 2 amide bonds. The van der Waals surface area contributed by atoms with Gasteiger partial charge in [-0.3, -0.25) is 14.8 Å². The van der Waals surface area contributed by atoms with E-state index in [1.54, 1.807) is 17.6 Å². The molecule has 24 heavy (non-hydrogen) atoms. The predicted molar refractivity (Wildman–Crippen MR) is 96.0 cm³/mol. The van der Waals surface area contributed by atoms with Gasteiger partial charge in [0.15, 0.2) is 0 Å². The van der Waals surface area contributed by atoms with Gasteiger partial charge in [0.05, 0.1) is 15.8 Å². The maximum Gasteiger partial charge on any atom is 0.284 e. The molecular formula is C17H16N2O3S2. The molecule has 0 fully saturated rings. The number of benzene rings is 1. The molecule has 0 unspecified atom stereocenters. The van der Waals surface area contributed by atoms with Crippen LogP contribution >= 0.6 is 22.7 Å². The monoisotopic (exact) mass is 360 g/mol. The van der Waals surface area contributed by atoms with Gasteiger partial charge in [-0.15, -0.1) is 22.7 Å². The summed E-state index contributed by atoms with van der Waals surface area (Å²) in [6.07, 6.45) is 0. The van der Waals surface area contributed by atoms with Gasteiger partial charge in [0.25, 0.3) is 11.8 Å². The Balaban J connectivity index is 1.79. The molecule has 7 heteroatoms. The fraction of sp³-hybridized carbons (Fsp3) is 0.176. The zero-order valence-corrected chi connectivity index (χ0v) is 14.8. The van der Waals surface area contributed by atoms with Gasteiger partial charge in [-0.05, 0) is 43.0 Å². The summed E-state index contributed by atoms with van der Waals surface area (Å²) < 4.78 is 1.09. The van der Waals surface area contributed by atoms with Gasteiger partial charge in [0.1, 0.15) is 0 Å². The van der Waals surface area contributed by atoms with Crippen molar-refractivity contribution in [1.29, 1.82) is 0 Å². The van der Waals surface area contributed by atoms with Gasteiger partial charge < -0.3 is 5.32 Å². The van der Waals surface area contributed by atoms with E-state index in [4.69, 9.17) is 5.21 Å². The standard InChI is InChI=1S/C17H16N2O3S2/c1-9-11-5-3-4-6-13(11)24-15(9)17(21)18-10(2)12-7-8-14(23-12)16(20)19-22/h3-8,10,22H,1-2H3,(H,18,21)(H,19,20)/t10-/m1/s1. The first-order valence-corrected chi connectivity index (χ1v) is 8.97. The maximum atomic E-state index is 12.6. The van der Waals surface area contributed by atoms with Crippen LogP contribution < -0.4 is 10.8 Å². The smallest absolute Gasteiger partial charge is 0.284 e. The van der Waals surface area contributed by atoms with E-state index < -0.39 is 5.91 Å². The second kappa shape index (κ2) is 6.72. The molecule has 3 N–H and O–H groups in total.